The zero-order valence-electron chi connectivity index (χ0n) is 9.89. The minimum atomic E-state index is 0.407. The molecule has 0 heterocycles. The summed E-state index contributed by atoms with van der Waals surface area (Å²) in [7, 11) is 0. The molecule has 0 N–H and O–H groups in total. The van der Waals surface area contributed by atoms with Gasteiger partial charge in [0.05, 0.1) is 0 Å². The molecule has 2 rings (SSSR count). The molecule has 1 unspecified atom stereocenters. The molecule has 2 aromatic rings. The van der Waals surface area contributed by atoms with E-state index >= 15 is 0 Å². The van der Waals surface area contributed by atoms with Crippen molar-refractivity contribution in [1.29, 1.82) is 0 Å². The molecule has 2 aromatic carbocycles. The van der Waals surface area contributed by atoms with E-state index in [0.717, 1.165) is 0 Å². The third-order valence-electron chi connectivity index (χ3n) is 2.87. The maximum absolute atomic E-state index is 3.88. The van der Waals surface area contributed by atoms with Crippen LogP contribution in [0.15, 0.2) is 55.1 Å². The van der Waals surface area contributed by atoms with Gasteiger partial charge in [0, 0.05) is 0 Å². The first-order chi connectivity index (χ1) is 8.24. The van der Waals surface area contributed by atoms with Crippen molar-refractivity contribution in [3.05, 3.63) is 66.2 Å². The molecular weight excluding hydrogens is 271 g/mol. The van der Waals surface area contributed by atoms with Crippen LogP contribution in [0.4, 0.5) is 0 Å². The molecule has 0 bridgehead atoms. The zero-order chi connectivity index (χ0) is 12.3. The second kappa shape index (κ2) is 5.35. The van der Waals surface area contributed by atoms with Crippen molar-refractivity contribution in [1.82, 2.24) is 0 Å². The standard InChI is InChI=1S/C16H15Se/c1-3-13-8-4-5-10-15(13)16-11-7-6-9-14(16)12(2)17/h3-12H,1H2,2H3. The Labute approximate surface area is 111 Å². The number of hydrogen-bond donors (Lipinski definition) is 0. The van der Waals surface area contributed by atoms with Gasteiger partial charge in [0.2, 0.25) is 0 Å². The molecule has 1 heteroatoms. The predicted molar refractivity (Wildman–Crippen MR) is 76.1 cm³/mol. The summed E-state index contributed by atoms with van der Waals surface area (Å²) in [5.74, 6) is 0. The van der Waals surface area contributed by atoms with E-state index in [1.54, 1.807) is 0 Å². The summed E-state index contributed by atoms with van der Waals surface area (Å²) in [6.07, 6.45) is 1.91. The number of benzene rings is 2. The molecule has 0 aliphatic heterocycles. The van der Waals surface area contributed by atoms with Crippen LogP contribution in [0, 0.1) is 0 Å². The molecule has 0 amide bonds. The Morgan fingerprint density at radius 2 is 1.59 bits per heavy atom. The first-order valence-electron chi connectivity index (χ1n) is 5.70. The molecule has 0 spiro atoms. The fourth-order valence-electron chi connectivity index (χ4n) is 2.02. The van der Waals surface area contributed by atoms with Crippen molar-refractivity contribution in [2.75, 3.05) is 0 Å². The Balaban J connectivity index is 2.64. The monoisotopic (exact) mass is 287 g/mol. The third-order valence-corrected chi connectivity index (χ3v) is 3.40. The van der Waals surface area contributed by atoms with Gasteiger partial charge in [-0.15, -0.1) is 0 Å². The molecular formula is C16H15Se. The van der Waals surface area contributed by atoms with Gasteiger partial charge in [-0.3, -0.25) is 0 Å². The molecule has 0 saturated heterocycles. The van der Waals surface area contributed by atoms with E-state index in [2.05, 4.69) is 72.0 Å². The predicted octanol–water partition coefficient (Wildman–Crippen LogP) is 4.23. The van der Waals surface area contributed by atoms with Gasteiger partial charge in [-0.1, -0.05) is 0 Å². The summed E-state index contributed by atoms with van der Waals surface area (Å²) in [6.45, 7) is 6.06. The van der Waals surface area contributed by atoms with Gasteiger partial charge in [0.15, 0.2) is 0 Å². The number of rotatable bonds is 3. The van der Waals surface area contributed by atoms with E-state index < -0.39 is 0 Å². The summed E-state index contributed by atoms with van der Waals surface area (Å²) < 4.78 is 0. The average Bonchev–Trinajstić information content (AvgIpc) is 2.38. The molecule has 0 saturated carbocycles. The second-order valence-corrected chi connectivity index (χ2v) is 5.50. The SMILES string of the molecule is C=Cc1ccccc1-c1ccccc1C(C)[Se]. The Hall–Kier alpha value is -1.30. The molecule has 0 aliphatic carbocycles. The van der Waals surface area contributed by atoms with Crippen molar-refractivity contribution in [2.24, 2.45) is 0 Å². The van der Waals surface area contributed by atoms with E-state index in [9.17, 15) is 0 Å². The fourth-order valence-corrected chi connectivity index (χ4v) is 2.45. The molecule has 85 valence electrons. The summed E-state index contributed by atoms with van der Waals surface area (Å²) in [5, 5.41) is 0. The van der Waals surface area contributed by atoms with Gasteiger partial charge in [-0.2, -0.15) is 0 Å². The van der Waals surface area contributed by atoms with Crippen molar-refractivity contribution < 1.29 is 0 Å². The Morgan fingerprint density at radius 1 is 1.00 bits per heavy atom. The van der Waals surface area contributed by atoms with E-state index in [1.807, 2.05) is 12.1 Å². The van der Waals surface area contributed by atoms with Crippen LogP contribution in [-0.2, 0) is 0 Å². The molecule has 0 aromatic heterocycles. The minimum absolute atomic E-state index is 0.407. The topological polar surface area (TPSA) is 0 Å². The first kappa shape index (κ1) is 12.2. The van der Waals surface area contributed by atoms with Gasteiger partial charge in [0.1, 0.15) is 0 Å². The van der Waals surface area contributed by atoms with Gasteiger partial charge in [-0.25, -0.2) is 0 Å². The summed E-state index contributed by atoms with van der Waals surface area (Å²) >= 11 is 3.18. The summed E-state index contributed by atoms with van der Waals surface area (Å²) in [6, 6.07) is 16.9. The van der Waals surface area contributed by atoms with Crippen LogP contribution in [0.3, 0.4) is 0 Å². The second-order valence-electron chi connectivity index (χ2n) is 4.02. The Morgan fingerprint density at radius 3 is 2.24 bits per heavy atom. The maximum atomic E-state index is 3.88. The van der Waals surface area contributed by atoms with E-state index in [-0.39, 0.29) is 0 Å². The van der Waals surface area contributed by atoms with Crippen LogP contribution >= 0.6 is 0 Å². The van der Waals surface area contributed by atoms with Crippen molar-refractivity contribution in [2.45, 2.75) is 11.7 Å². The zero-order valence-corrected chi connectivity index (χ0v) is 11.6. The normalized spacial score (nSPS) is 12.1. The van der Waals surface area contributed by atoms with Gasteiger partial charge >= 0.3 is 111 Å². The number of hydrogen-bond acceptors (Lipinski definition) is 0. The first-order valence-corrected chi connectivity index (χ1v) is 6.69. The Kier molecular flexibility index (Phi) is 3.83. The summed E-state index contributed by atoms with van der Waals surface area (Å²) in [4.78, 5) is 0.407. The van der Waals surface area contributed by atoms with Gasteiger partial charge in [-0.05, 0) is 0 Å². The molecule has 0 fully saturated rings. The van der Waals surface area contributed by atoms with E-state index in [4.69, 9.17) is 0 Å². The van der Waals surface area contributed by atoms with Crippen LogP contribution in [0.25, 0.3) is 17.2 Å². The molecule has 1 radical (unpaired) electrons. The third kappa shape index (κ3) is 2.52. The van der Waals surface area contributed by atoms with Crippen LogP contribution in [-0.4, -0.2) is 16.0 Å². The quantitative estimate of drug-likeness (QED) is 0.741. The molecule has 17 heavy (non-hydrogen) atoms. The van der Waals surface area contributed by atoms with Crippen LogP contribution in [0.1, 0.15) is 22.9 Å². The van der Waals surface area contributed by atoms with Crippen molar-refractivity contribution >= 4 is 22.1 Å². The van der Waals surface area contributed by atoms with Crippen molar-refractivity contribution in [3.8, 4) is 11.1 Å². The van der Waals surface area contributed by atoms with Crippen LogP contribution < -0.4 is 0 Å². The fraction of sp³-hybridized carbons (Fsp3) is 0.125. The van der Waals surface area contributed by atoms with Gasteiger partial charge in [0.25, 0.3) is 0 Å². The van der Waals surface area contributed by atoms with E-state index in [0.29, 0.717) is 4.82 Å². The summed E-state index contributed by atoms with van der Waals surface area (Å²) in [5.41, 5.74) is 5.05. The van der Waals surface area contributed by atoms with Crippen molar-refractivity contribution in [3.63, 3.8) is 0 Å². The van der Waals surface area contributed by atoms with E-state index in [1.165, 1.54) is 22.3 Å². The molecule has 0 aliphatic rings. The Bertz CT molecular complexity index is 527. The van der Waals surface area contributed by atoms with Crippen LogP contribution in [0.5, 0.6) is 0 Å². The van der Waals surface area contributed by atoms with Crippen LogP contribution in [0.2, 0.25) is 0 Å². The molecule has 0 nitrogen and oxygen atoms in total. The van der Waals surface area contributed by atoms with Gasteiger partial charge < -0.3 is 0 Å². The average molecular weight is 286 g/mol. The molecule has 1 atom stereocenters.